The molecule has 0 bridgehead atoms. The van der Waals surface area contributed by atoms with Crippen LogP contribution < -0.4 is 0 Å². The first-order valence-corrected chi connectivity index (χ1v) is 7.80. The van der Waals surface area contributed by atoms with Gasteiger partial charge in [0.1, 0.15) is 0 Å². The van der Waals surface area contributed by atoms with Crippen LogP contribution in [0.2, 0.25) is 0 Å². The third-order valence-corrected chi connectivity index (χ3v) is 3.94. The molecule has 6 nitrogen and oxygen atoms in total. The first kappa shape index (κ1) is 16.2. The highest BCUT2D eigenvalue weighted by Crippen LogP contribution is 2.13. The van der Waals surface area contributed by atoms with E-state index in [9.17, 15) is 18.0 Å². The van der Waals surface area contributed by atoms with Crippen LogP contribution >= 0.6 is 0 Å². The van der Waals surface area contributed by atoms with E-state index in [1.54, 1.807) is 0 Å². The second-order valence-electron chi connectivity index (χ2n) is 4.72. The van der Waals surface area contributed by atoms with Crippen molar-refractivity contribution in [1.82, 2.24) is 4.90 Å². The standard InChI is InChI=1S/C13H17NO5S/c1-9(13(16)17)8-14(2)12(15)10-5-4-6-11(7-10)20(3,18)19/h4-7,9H,8H2,1-3H3,(H,16,17). The molecule has 0 aromatic heterocycles. The zero-order chi connectivity index (χ0) is 15.5. The maximum absolute atomic E-state index is 12.1. The van der Waals surface area contributed by atoms with Crippen LogP contribution in [0.4, 0.5) is 0 Å². The fraction of sp³-hybridized carbons (Fsp3) is 0.385. The molecule has 1 atom stereocenters. The summed E-state index contributed by atoms with van der Waals surface area (Å²) in [5.74, 6) is -2.10. The first-order chi connectivity index (χ1) is 9.12. The Kier molecular flexibility index (Phi) is 4.88. The number of carbonyl (C=O) groups excluding carboxylic acids is 1. The molecule has 0 spiro atoms. The Balaban J connectivity index is 2.95. The quantitative estimate of drug-likeness (QED) is 0.871. The van der Waals surface area contributed by atoms with Crippen molar-refractivity contribution in [2.24, 2.45) is 5.92 Å². The average Bonchev–Trinajstić information content (AvgIpc) is 2.36. The number of rotatable bonds is 5. The number of sulfone groups is 1. The van der Waals surface area contributed by atoms with Crippen molar-refractivity contribution in [1.29, 1.82) is 0 Å². The number of aliphatic carboxylic acids is 1. The molecule has 0 aliphatic carbocycles. The Hall–Kier alpha value is -1.89. The summed E-state index contributed by atoms with van der Waals surface area (Å²) in [6.07, 6.45) is 1.06. The Morgan fingerprint density at radius 2 is 1.95 bits per heavy atom. The second kappa shape index (κ2) is 6.04. The van der Waals surface area contributed by atoms with E-state index in [2.05, 4.69) is 0 Å². The molecule has 0 radical (unpaired) electrons. The highest BCUT2D eigenvalue weighted by molar-refractivity contribution is 7.90. The predicted octanol–water partition coefficient (Wildman–Crippen LogP) is 0.883. The topological polar surface area (TPSA) is 91.8 Å². The third kappa shape index (κ3) is 4.06. The fourth-order valence-electron chi connectivity index (χ4n) is 1.65. The molecule has 0 saturated heterocycles. The lowest BCUT2D eigenvalue weighted by molar-refractivity contribution is -0.141. The first-order valence-electron chi connectivity index (χ1n) is 5.91. The molecule has 20 heavy (non-hydrogen) atoms. The van der Waals surface area contributed by atoms with E-state index in [-0.39, 0.29) is 17.0 Å². The van der Waals surface area contributed by atoms with Crippen LogP contribution in [0, 0.1) is 5.92 Å². The maximum Gasteiger partial charge on any atom is 0.308 e. The SMILES string of the molecule is CC(CN(C)C(=O)c1cccc(S(C)(=O)=O)c1)C(=O)O. The van der Waals surface area contributed by atoms with Gasteiger partial charge in [-0.2, -0.15) is 0 Å². The van der Waals surface area contributed by atoms with E-state index in [4.69, 9.17) is 5.11 Å². The van der Waals surface area contributed by atoms with Gasteiger partial charge in [-0.3, -0.25) is 9.59 Å². The number of benzene rings is 1. The van der Waals surface area contributed by atoms with Crippen molar-refractivity contribution in [3.05, 3.63) is 29.8 Å². The van der Waals surface area contributed by atoms with Crippen molar-refractivity contribution < 1.29 is 23.1 Å². The van der Waals surface area contributed by atoms with E-state index in [1.807, 2.05) is 0 Å². The molecule has 110 valence electrons. The van der Waals surface area contributed by atoms with Gasteiger partial charge >= 0.3 is 5.97 Å². The highest BCUT2D eigenvalue weighted by atomic mass is 32.2. The van der Waals surface area contributed by atoms with Gasteiger partial charge in [0, 0.05) is 25.4 Å². The smallest absolute Gasteiger partial charge is 0.308 e. The summed E-state index contributed by atoms with van der Waals surface area (Å²) in [5, 5.41) is 8.82. The Morgan fingerprint density at radius 1 is 1.35 bits per heavy atom. The average molecular weight is 299 g/mol. The largest absolute Gasteiger partial charge is 0.481 e. The van der Waals surface area contributed by atoms with Gasteiger partial charge in [0.05, 0.1) is 10.8 Å². The molecule has 0 fully saturated rings. The summed E-state index contributed by atoms with van der Waals surface area (Å²) >= 11 is 0. The van der Waals surface area contributed by atoms with E-state index in [0.717, 1.165) is 6.26 Å². The van der Waals surface area contributed by atoms with Crippen LogP contribution in [-0.2, 0) is 14.6 Å². The van der Waals surface area contributed by atoms with E-state index in [0.29, 0.717) is 0 Å². The molecular formula is C13H17NO5S. The lowest BCUT2D eigenvalue weighted by Gasteiger charge is -2.19. The molecule has 0 saturated carbocycles. The van der Waals surface area contributed by atoms with Crippen molar-refractivity contribution in [3.8, 4) is 0 Å². The summed E-state index contributed by atoms with van der Waals surface area (Å²) in [5.41, 5.74) is 0.216. The van der Waals surface area contributed by atoms with Gasteiger partial charge in [-0.05, 0) is 18.2 Å². The number of carbonyl (C=O) groups is 2. The van der Waals surface area contributed by atoms with Gasteiger partial charge in [-0.1, -0.05) is 13.0 Å². The van der Waals surface area contributed by atoms with Crippen LogP contribution in [0.15, 0.2) is 29.2 Å². The lowest BCUT2D eigenvalue weighted by Crippen LogP contribution is -2.33. The fourth-order valence-corrected chi connectivity index (χ4v) is 2.32. The number of nitrogens with zero attached hydrogens (tertiary/aromatic N) is 1. The molecule has 0 aliphatic heterocycles. The second-order valence-corrected chi connectivity index (χ2v) is 6.74. The van der Waals surface area contributed by atoms with Gasteiger partial charge in [-0.15, -0.1) is 0 Å². The molecule has 7 heteroatoms. The van der Waals surface area contributed by atoms with Crippen molar-refractivity contribution in [2.45, 2.75) is 11.8 Å². The van der Waals surface area contributed by atoms with Crippen LogP contribution in [0.25, 0.3) is 0 Å². The molecule has 1 unspecified atom stereocenters. The molecule has 1 aromatic rings. The monoisotopic (exact) mass is 299 g/mol. The number of hydrogen-bond acceptors (Lipinski definition) is 4. The molecule has 0 heterocycles. The predicted molar refractivity (Wildman–Crippen MR) is 73.3 cm³/mol. The molecule has 1 rings (SSSR count). The lowest BCUT2D eigenvalue weighted by atomic mass is 10.1. The molecular weight excluding hydrogens is 282 g/mol. The molecule has 0 aliphatic rings. The van der Waals surface area contributed by atoms with Gasteiger partial charge in [0.2, 0.25) is 0 Å². The van der Waals surface area contributed by atoms with Crippen LogP contribution in [0.5, 0.6) is 0 Å². The summed E-state index contributed by atoms with van der Waals surface area (Å²) < 4.78 is 22.9. The zero-order valence-electron chi connectivity index (χ0n) is 11.5. The summed E-state index contributed by atoms with van der Waals surface area (Å²) in [6, 6.07) is 5.68. The maximum atomic E-state index is 12.1. The van der Waals surface area contributed by atoms with E-state index < -0.39 is 27.6 Å². The molecule has 1 N–H and O–H groups in total. The Bertz CT molecular complexity index is 623. The normalized spacial score (nSPS) is 12.8. The van der Waals surface area contributed by atoms with Gasteiger partial charge in [0.25, 0.3) is 5.91 Å². The number of amides is 1. The Labute approximate surface area is 117 Å². The van der Waals surface area contributed by atoms with Crippen LogP contribution in [0.1, 0.15) is 17.3 Å². The number of carboxylic acid groups (broad SMARTS) is 1. The minimum atomic E-state index is -3.39. The van der Waals surface area contributed by atoms with Crippen LogP contribution in [-0.4, -0.2) is 50.1 Å². The summed E-state index contributed by atoms with van der Waals surface area (Å²) in [6.45, 7) is 1.55. The number of carboxylic acids is 1. The van der Waals surface area contributed by atoms with Crippen molar-refractivity contribution in [2.75, 3.05) is 19.8 Å². The highest BCUT2D eigenvalue weighted by Gasteiger charge is 2.19. The summed E-state index contributed by atoms with van der Waals surface area (Å²) in [7, 11) is -1.90. The van der Waals surface area contributed by atoms with Gasteiger partial charge < -0.3 is 10.0 Å². The molecule has 1 aromatic carbocycles. The Morgan fingerprint density at radius 3 is 2.45 bits per heavy atom. The van der Waals surface area contributed by atoms with Gasteiger partial charge in [0.15, 0.2) is 9.84 Å². The van der Waals surface area contributed by atoms with Gasteiger partial charge in [-0.25, -0.2) is 8.42 Å². The summed E-state index contributed by atoms with van der Waals surface area (Å²) in [4.78, 5) is 24.2. The van der Waals surface area contributed by atoms with Crippen molar-refractivity contribution in [3.63, 3.8) is 0 Å². The van der Waals surface area contributed by atoms with Crippen molar-refractivity contribution >= 4 is 21.7 Å². The minimum Gasteiger partial charge on any atom is -0.481 e. The number of hydrogen-bond donors (Lipinski definition) is 1. The zero-order valence-corrected chi connectivity index (χ0v) is 12.3. The van der Waals surface area contributed by atoms with Crippen LogP contribution in [0.3, 0.4) is 0 Å². The minimum absolute atomic E-state index is 0.0528. The van der Waals surface area contributed by atoms with E-state index in [1.165, 1.54) is 43.1 Å². The molecule has 1 amide bonds. The third-order valence-electron chi connectivity index (χ3n) is 2.83. The van der Waals surface area contributed by atoms with E-state index >= 15 is 0 Å².